The summed E-state index contributed by atoms with van der Waals surface area (Å²) in [7, 11) is 0. The molecule has 1 aliphatic rings. The van der Waals surface area contributed by atoms with Gasteiger partial charge in [-0.25, -0.2) is 9.59 Å². The Bertz CT molecular complexity index is 893. The Kier molecular flexibility index (Phi) is 4.77. The molecule has 2 aromatic rings. The third kappa shape index (κ3) is 2.47. The first-order valence-electron chi connectivity index (χ1n) is 8.41. The highest BCUT2D eigenvalue weighted by atomic mass is 16.4. The van der Waals surface area contributed by atoms with Gasteiger partial charge in [-0.1, -0.05) is 36.4 Å². The average molecular weight is 372 g/mol. The molecule has 1 saturated carbocycles. The average Bonchev–Trinajstić information content (AvgIpc) is 2.66. The summed E-state index contributed by atoms with van der Waals surface area (Å²) >= 11 is 0. The second-order valence-corrected chi connectivity index (χ2v) is 6.79. The van der Waals surface area contributed by atoms with Crippen molar-refractivity contribution >= 4 is 11.9 Å². The number of hydrogen-bond donors (Lipinski definition) is 5. The lowest BCUT2D eigenvalue weighted by Gasteiger charge is -2.62. The molecule has 0 saturated heterocycles. The number of carboxylic acids is 2. The largest absolute Gasteiger partial charge is 0.478 e. The zero-order valence-corrected chi connectivity index (χ0v) is 14.4. The molecule has 7 heteroatoms. The minimum atomic E-state index is -1.55. The molecule has 3 atom stereocenters. The van der Waals surface area contributed by atoms with Crippen molar-refractivity contribution in [3.8, 4) is 0 Å². The van der Waals surface area contributed by atoms with Gasteiger partial charge in [0.25, 0.3) is 0 Å². The van der Waals surface area contributed by atoms with Crippen molar-refractivity contribution in [2.75, 3.05) is 13.2 Å². The predicted molar refractivity (Wildman–Crippen MR) is 95.0 cm³/mol. The Morgan fingerprint density at radius 2 is 1.33 bits per heavy atom. The fraction of sp³-hybridized carbons (Fsp3) is 0.300. The summed E-state index contributed by atoms with van der Waals surface area (Å²) < 4.78 is 0. The SMILES string of the molecule is O=C(O)c1ccccc1[C@]1(CO)C[C@H](O)[C@@]1(CO)c1ccccc1C(=O)O. The number of carboxylic acid groups (broad SMARTS) is 2. The van der Waals surface area contributed by atoms with Crippen LogP contribution in [-0.4, -0.2) is 56.8 Å². The Morgan fingerprint density at radius 1 is 0.852 bits per heavy atom. The molecule has 0 aromatic heterocycles. The van der Waals surface area contributed by atoms with Gasteiger partial charge >= 0.3 is 11.9 Å². The number of benzene rings is 2. The van der Waals surface area contributed by atoms with Gasteiger partial charge in [0.05, 0.1) is 35.9 Å². The smallest absolute Gasteiger partial charge is 0.335 e. The van der Waals surface area contributed by atoms with Gasteiger partial charge in [0, 0.05) is 5.41 Å². The number of hydrogen-bond acceptors (Lipinski definition) is 5. The first-order valence-corrected chi connectivity index (χ1v) is 8.41. The molecule has 142 valence electrons. The van der Waals surface area contributed by atoms with E-state index in [0.29, 0.717) is 0 Å². The first kappa shape index (κ1) is 19.0. The summed E-state index contributed by atoms with van der Waals surface area (Å²) in [5.74, 6) is -2.45. The van der Waals surface area contributed by atoms with E-state index in [1.165, 1.54) is 30.3 Å². The summed E-state index contributed by atoms with van der Waals surface area (Å²) in [4.78, 5) is 23.4. The van der Waals surface area contributed by atoms with Gasteiger partial charge in [0.15, 0.2) is 0 Å². The van der Waals surface area contributed by atoms with Crippen LogP contribution in [0.2, 0.25) is 0 Å². The Labute approximate surface area is 155 Å². The summed E-state index contributed by atoms with van der Waals surface area (Å²) in [6.45, 7) is -1.23. The normalized spacial score (nSPS) is 27.0. The van der Waals surface area contributed by atoms with E-state index in [1.807, 2.05) is 0 Å². The Balaban J connectivity index is 2.33. The van der Waals surface area contributed by atoms with Crippen molar-refractivity contribution in [3.63, 3.8) is 0 Å². The van der Waals surface area contributed by atoms with Gasteiger partial charge in [-0.15, -0.1) is 0 Å². The van der Waals surface area contributed by atoms with Gasteiger partial charge in [0.2, 0.25) is 0 Å². The van der Waals surface area contributed by atoms with Crippen LogP contribution in [0.4, 0.5) is 0 Å². The standard InChI is InChI=1S/C20H20O7/c21-10-19(14-7-3-1-5-12(14)17(24)25)9-16(23)20(19,11-22)15-8-4-2-6-13(15)18(26)27/h1-8,16,21-23H,9-11H2,(H,24,25)(H,26,27)/t16-,19+,20+/m0/s1. The van der Waals surface area contributed by atoms with E-state index in [1.54, 1.807) is 18.2 Å². The third-order valence-corrected chi connectivity index (χ3v) is 5.80. The lowest BCUT2D eigenvalue weighted by molar-refractivity contribution is -0.132. The first-order chi connectivity index (χ1) is 12.9. The quantitative estimate of drug-likeness (QED) is 0.510. The molecule has 0 aliphatic heterocycles. The van der Waals surface area contributed by atoms with E-state index in [2.05, 4.69) is 0 Å². The molecular weight excluding hydrogens is 352 g/mol. The fourth-order valence-corrected chi connectivity index (χ4v) is 4.44. The summed E-state index contributed by atoms with van der Waals surface area (Å²) in [6, 6.07) is 12.0. The third-order valence-electron chi connectivity index (χ3n) is 5.80. The zero-order valence-electron chi connectivity index (χ0n) is 14.4. The van der Waals surface area contributed by atoms with Crippen LogP contribution in [0.1, 0.15) is 38.3 Å². The summed E-state index contributed by atoms with van der Waals surface area (Å²) in [5.41, 5.74) is -2.67. The number of aliphatic hydroxyl groups is 3. The molecule has 0 unspecified atom stereocenters. The maximum Gasteiger partial charge on any atom is 0.335 e. The monoisotopic (exact) mass is 372 g/mol. The zero-order chi connectivity index (χ0) is 19.8. The highest BCUT2D eigenvalue weighted by Gasteiger charge is 2.67. The molecular formula is C20H20O7. The maximum absolute atomic E-state index is 11.7. The molecule has 1 fully saturated rings. The molecule has 0 amide bonds. The maximum atomic E-state index is 11.7. The topological polar surface area (TPSA) is 135 Å². The minimum absolute atomic E-state index is 0.0116. The summed E-state index contributed by atoms with van der Waals surface area (Å²) in [5, 5.41) is 50.4. The van der Waals surface area contributed by atoms with Crippen LogP contribution in [0.25, 0.3) is 0 Å². The molecule has 5 N–H and O–H groups in total. The number of carbonyl (C=O) groups is 2. The van der Waals surface area contributed by atoms with Gasteiger partial charge in [-0.05, 0) is 29.7 Å². The van der Waals surface area contributed by atoms with E-state index < -0.39 is 42.1 Å². The predicted octanol–water partition coefficient (Wildman–Crippen LogP) is 1.01. The summed E-state index contributed by atoms with van der Waals surface area (Å²) in [6.07, 6.45) is -1.17. The molecule has 2 aromatic carbocycles. The number of rotatable bonds is 6. The molecule has 1 aliphatic carbocycles. The minimum Gasteiger partial charge on any atom is -0.478 e. The fourth-order valence-electron chi connectivity index (χ4n) is 4.44. The highest BCUT2D eigenvalue weighted by molar-refractivity contribution is 5.92. The van der Waals surface area contributed by atoms with Crippen molar-refractivity contribution in [2.24, 2.45) is 0 Å². The van der Waals surface area contributed by atoms with Gasteiger partial charge in [0.1, 0.15) is 0 Å². The van der Waals surface area contributed by atoms with E-state index in [0.717, 1.165) is 0 Å². The second-order valence-electron chi connectivity index (χ2n) is 6.79. The molecule has 0 bridgehead atoms. The molecule has 0 radical (unpaired) electrons. The van der Waals surface area contributed by atoms with Crippen LogP contribution >= 0.6 is 0 Å². The Morgan fingerprint density at radius 3 is 1.78 bits per heavy atom. The van der Waals surface area contributed by atoms with Crippen molar-refractivity contribution < 1.29 is 35.1 Å². The molecule has 3 rings (SSSR count). The number of aliphatic hydroxyl groups excluding tert-OH is 3. The van der Waals surface area contributed by atoms with Gasteiger partial charge in [-0.3, -0.25) is 0 Å². The van der Waals surface area contributed by atoms with E-state index in [9.17, 15) is 35.1 Å². The van der Waals surface area contributed by atoms with E-state index >= 15 is 0 Å². The number of aromatic carboxylic acids is 2. The van der Waals surface area contributed by atoms with Crippen molar-refractivity contribution in [1.82, 2.24) is 0 Å². The van der Waals surface area contributed by atoms with Crippen LogP contribution in [0.15, 0.2) is 48.5 Å². The van der Waals surface area contributed by atoms with Crippen molar-refractivity contribution in [1.29, 1.82) is 0 Å². The van der Waals surface area contributed by atoms with Gasteiger partial charge in [-0.2, -0.15) is 0 Å². The molecule has 27 heavy (non-hydrogen) atoms. The molecule has 0 heterocycles. The lowest BCUT2D eigenvalue weighted by Crippen LogP contribution is -2.71. The van der Waals surface area contributed by atoms with Crippen LogP contribution in [0.5, 0.6) is 0 Å². The second kappa shape index (κ2) is 6.77. The lowest BCUT2D eigenvalue weighted by atomic mass is 9.42. The van der Waals surface area contributed by atoms with E-state index in [4.69, 9.17) is 0 Å². The van der Waals surface area contributed by atoms with Crippen LogP contribution in [0, 0.1) is 0 Å². The molecule has 7 nitrogen and oxygen atoms in total. The molecule has 0 spiro atoms. The van der Waals surface area contributed by atoms with Crippen LogP contribution in [-0.2, 0) is 10.8 Å². The van der Waals surface area contributed by atoms with E-state index in [-0.39, 0.29) is 28.7 Å². The van der Waals surface area contributed by atoms with Crippen LogP contribution in [0.3, 0.4) is 0 Å². The highest BCUT2D eigenvalue weighted by Crippen LogP contribution is 2.60. The van der Waals surface area contributed by atoms with Crippen molar-refractivity contribution in [2.45, 2.75) is 23.4 Å². The Hall–Kier alpha value is -2.74. The van der Waals surface area contributed by atoms with Crippen molar-refractivity contribution in [3.05, 3.63) is 70.8 Å². The van der Waals surface area contributed by atoms with Crippen LogP contribution < -0.4 is 0 Å². The van der Waals surface area contributed by atoms with Gasteiger partial charge < -0.3 is 25.5 Å².